The summed E-state index contributed by atoms with van der Waals surface area (Å²) >= 11 is 0. The van der Waals surface area contributed by atoms with Crippen molar-refractivity contribution in [2.24, 2.45) is 17.3 Å². The molecule has 1 heterocycles. The molecule has 2 aliphatic carbocycles. The zero-order chi connectivity index (χ0) is 14.9. The summed E-state index contributed by atoms with van der Waals surface area (Å²) in [7, 11) is 0. The fourth-order valence-corrected chi connectivity index (χ4v) is 4.25. The molecule has 0 aromatic carbocycles. The summed E-state index contributed by atoms with van der Waals surface area (Å²) in [6.45, 7) is 2.01. The third-order valence-electron chi connectivity index (χ3n) is 5.77. The van der Waals surface area contributed by atoms with E-state index in [2.05, 4.69) is 10.6 Å². The van der Waals surface area contributed by atoms with Gasteiger partial charge in [0, 0.05) is 12.0 Å². The summed E-state index contributed by atoms with van der Waals surface area (Å²) in [5, 5.41) is 15.8. The minimum atomic E-state index is -0.755. The Hall–Kier alpha value is -1.10. The van der Waals surface area contributed by atoms with E-state index < -0.39 is 11.9 Å². The van der Waals surface area contributed by atoms with Crippen molar-refractivity contribution in [1.29, 1.82) is 0 Å². The van der Waals surface area contributed by atoms with Crippen molar-refractivity contribution in [2.45, 2.75) is 57.4 Å². The van der Waals surface area contributed by atoms with Gasteiger partial charge in [-0.05, 0) is 50.6 Å². The fourth-order valence-electron chi connectivity index (χ4n) is 4.25. The Kier molecular flexibility index (Phi) is 4.20. The molecule has 5 heteroatoms. The lowest BCUT2D eigenvalue weighted by Gasteiger charge is -2.26. The van der Waals surface area contributed by atoms with Crippen LogP contribution in [0.3, 0.4) is 0 Å². The van der Waals surface area contributed by atoms with Gasteiger partial charge in [-0.2, -0.15) is 0 Å². The molecule has 3 fully saturated rings. The van der Waals surface area contributed by atoms with Crippen molar-refractivity contribution < 1.29 is 14.7 Å². The Bertz CT molecular complexity index is 418. The van der Waals surface area contributed by atoms with Crippen LogP contribution in [0.5, 0.6) is 0 Å². The molecular weight excluding hydrogens is 268 g/mol. The average molecular weight is 294 g/mol. The predicted molar refractivity (Wildman–Crippen MR) is 78.8 cm³/mol. The first-order valence-corrected chi connectivity index (χ1v) is 8.36. The highest BCUT2D eigenvalue weighted by atomic mass is 16.4. The van der Waals surface area contributed by atoms with Gasteiger partial charge in [-0.3, -0.25) is 9.59 Å². The molecule has 3 rings (SSSR count). The first-order valence-electron chi connectivity index (χ1n) is 8.36. The normalized spacial score (nSPS) is 35.0. The lowest BCUT2D eigenvalue weighted by atomic mass is 9.91. The minimum absolute atomic E-state index is 0.107. The zero-order valence-electron chi connectivity index (χ0n) is 12.6. The van der Waals surface area contributed by atoms with Crippen LogP contribution in [0, 0.1) is 17.3 Å². The Balaban J connectivity index is 1.59. The largest absolute Gasteiger partial charge is 0.481 e. The first-order chi connectivity index (χ1) is 10.1. The maximum Gasteiger partial charge on any atom is 0.308 e. The van der Waals surface area contributed by atoms with Crippen molar-refractivity contribution in [2.75, 3.05) is 13.1 Å². The molecule has 1 amide bonds. The molecule has 1 spiro atoms. The van der Waals surface area contributed by atoms with Crippen LogP contribution in [0.1, 0.15) is 51.4 Å². The lowest BCUT2D eigenvalue weighted by molar-refractivity contribution is -0.143. The molecule has 21 heavy (non-hydrogen) atoms. The predicted octanol–water partition coefficient (Wildman–Crippen LogP) is 1.53. The summed E-state index contributed by atoms with van der Waals surface area (Å²) in [5.74, 6) is -0.930. The average Bonchev–Trinajstić information content (AvgIpc) is 3.19. The number of hydrogen-bond acceptors (Lipinski definition) is 3. The van der Waals surface area contributed by atoms with Crippen molar-refractivity contribution >= 4 is 11.9 Å². The van der Waals surface area contributed by atoms with Crippen molar-refractivity contribution in [3.8, 4) is 0 Å². The maximum atomic E-state index is 12.5. The van der Waals surface area contributed by atoms with Crippen LogP contribution in [0.2, 0.25) is 0 Å². The highest BCUT2D eigenvalue weighted by Gasteiger charge is 2.57. The van der Waals surface area contributed by atoms with E-state index in [1.54, 1.807) is 0 Å². The number of carbonyl (C=O) groups is 2. The highest BCUT2D eigenvalue weighted by Crippen LogP contribution is 2.58. The van der Waals surface area contributed by atoms with Gasteiger partial charge in [0.2, 0.25) is 5.91 Å². The molecule has 118 valence electrons. The van der Waals surface area contributed by atoms with Gasteiger partial charge in [0.05, 0.1) is 5.92 Å². The first kappa shape index (κ1) is 14.8. The molecule has 3 N–H and O–H groups in total. The molecule has 5 nitrogen and oxygen atoms in total. The topological polar surface area (TPSA) is 78.4 Å². The smallest absolute Gasteiger partial charge is 0.308 e. The second-order valence-electron chi connectivity index (χ2n) is 7.07. The molecule has 3 atom stereocenters. The van der Waals surface area contributed by atoms with E-state index in [-0.39, 0.29) is 23.3 Å². The molecule has 3 unspecified atom stereocenters. The van der Waals surface area contributed by atoms with Crippen LogP contribution in [0.4, 0.5) is 0 Å². The number of amides is 1. The highest BCUT2D eigenvalue weighted by molar-refractivity contribution is 5.83. The van der Waals surface area contributed by atoms with Gasteiger partial charge in [0.15, 0.2) is 0 Å². The Morgan fingerprint density at radius 2 is 1.81 bits per heavy atom. The molecule has 0 radical (unpaired) electrons. The molecule has 0 aromatic rings. The summed E-state index contributed by atoms with van der Waals surface area (Å²) in [6, 6.07) is -0.170. The van der Waals surface area contributed by atoms with Gasteiger partial charge in [-0.15, -0.1) is 0 Å². The number of aliphatic carboxylic acids is 1. The third kappa shape index (κ3) is 3.07. The van der Waals surface area contributed by atoms with Gasteiger partial charge >= 0.3 is 5.97 Å². The lowest BCUT2D eigenvalue weighted by Crippen LogP contribution is -2.44. The molecule has 0 aromatic heterocycles. The van der Waals surface area contributed by atoms with E-state index in [1.165, 1.54) is 0 Å². The maximum absolute atomic E-state index is 12.5. The van der Waals surface area contributed by atoms with Gasteiger partial charge in [0.1, 0.15) is 0 Å². The summed E-state index contributed by atoms with van der Waals surface area (Å²) < 4.78 is 0. The van der Waals surface area contributed by atoms with E-state index >= 15 is 0 Å². The summed E-state index contributed by atoms with van der Waals surface area (Å²) in [5.41, 5.74) is 0.221. The number of carboxylic acids is 1. The number of nitrogens with one attached hydrogen (secondary N) is 2. The van der Waals surface area contributed by atoms with E-state index in [0.717, 1.165) is 58.0 Å². The van der Waals surface area contributed by atoms with Gasteiger partial charge in [-0.25, -0.2) is 0 Å². The van der Waals surface area contributed by atoms with E-state index in [4.69, 9.17) is 0 Å². The van der Waals surface area contributed by atoms with E-state index in [9.17, 15) is 14.7 Å². The second-order valence-corrected chi connectivity index (χ2v) is 7.07. The van der Waals surface area contributed by atoms with Crippen LogP contribution in [0.15, 0.2) is 0 Å². The monoisotopic (exact) mass is 294 g/mol. The quantitative estimate of drug-likeness (QED) is 0.690. The fraction of sp³-hybridized carbons (Fsp3) is 0.875. The van der Waals surface area contributed by atoms with Crippen LogP contribution in [-0.4, -0.2) is 36.1 Å². The summed E-state index contributed by atoms with van der Waals surface area (Å²) in [6.07, 6.45) is 7.72. The van der Waals surface area contributed by atoms with E-state index in [1.807, 2.05) is 0 Å². The second kappa shape index (κ2) is 5.95. The number of rotatable bonds is 3. The minimum Gasteiger partial charge on any atom is -0.481 e. The molecular formula is C16H26N2O3. The van der Waals surface area contributed by atoms with Crippen LogP contribution in [0.25, 0.3) is 0 Å². The van der Waals surface area contributed by atoms with E-state index in [0.29, 0.717) is 6.42 Å². The molecule has 1 saturated heterocycles. The number of piperidine rings is 1. The van der Waals surface area contributed by atoms with Crippen molar-refractivity contribution in [3.05, 3.63) is 0 Å². The number of carbonyl (C=O) groups excluding carboxylic acids is 1. The van der Waals surface area contributed by atoms with Gasteiger partial charge < -0.3 is 15.7 Å². The Morgan fingerprint density at radius 1 is 1.10 bits per heavy atom. The Labute approximate surface area is 125 Å². The standard InChI is InChI=1S/C16H26N2O3/c19-14(12-10-16(12)6-8-17-9-7-16)18-13-5-3-1-2-4-11(13)15(20)21/h11-13,17H,1-10H2,(H,18,19)(H,20,21). The van der Waals surface area contributed by atoms with Crippen LogP contribution < -0.4 is 10.6 Å². The van der Waals surface area contributed by atoms with Crippen molar-refractivity contribution in [1.82, 2.24) is 10.6 Å². The third-order valence-corrected chi connectivity index (χ3v) is 5.77. The molecule has 0 bridgehead atoms. The van der Waals surface area contributed by atoms with Gasteiger partial charge in [0.25, 0.3) is 0 Å². The van der Waals surface area contributed by atoms with Crippen LogP contribution in [-0.2, 0) is 9.59 Å². The zero-order valence-corrected chi connectivity index (χ0v) is 12.6. The Morgan fingerprint density at radius 3 is 2.52 bits per heavy atom. The SMILES string of the molecule is O=C(O)C1CCCCCC1NC(=O)C1CC12CCNCC2. The molecule has 2 saturated carbocycles. The summed E-state index contributed by atoms with van der Waals surface area (Å²) in [4.78, 5) is 23.9. The molecule has 1 aliphatic heterocycles. The van der Waals surface area contributed by atoms with Crippen LogP contribution >= 0.6 is 0 Å². The number of carboxylic acid groups (broad SMARTS) is 1. The van der Waals surface area contributed by atoms with Crippen molar-refractivity contribution in [3.63, 3.8) is 0 Å². The van der Waals surface area contributed by atoms with Gasteiger partial charge in [-0.1, -0.05) is 19.3 Å². The molecule has 3 aliphatic rings. The number of hydrogen-bond donors (Lipinski definition) is 3.